The van der Waals surface area contributed by atoms with Crippen LogP contribution in [0.3, 0.4) is 0 Å². The van der Waals surface area contributed by atoms with Crippen molar-refractivity contribution in [1.82, 2.24) is 5.16 Å². The van der Waals surface area contributed by atoms with Gasteiger partial charge in [-0.3, -0.25) is 4.79 Å². The summed E-state index contributed by atoms with van der Waals surface area (Å²) in [4.78, 5) is 10.6. The van der Waals surface area contributed by atoms with Gasteiger partial charge in [0.15, 0.2) is 0 Å². The first-order valence-electron chi connectivity index (χ1n) is 3.70. The van der Waals surface area contributed by atoms with Crippen LogP contribution in [0.4, 0.5) is 0 Å². The maximum atomic E-state index is 10.6. The van der Waals surface area contributed by atoms with Crippen molar-refractivity contribution in [3.05, 3.63) is 17.5 Å². The molecule has 0 aromatic carbocycles. The van der Waals surface area contributed by atoms with Crippen molar-refractivity contribution in [1.29, 1.82) is 0 Å². The lowest BCUT2D eigenvalue weighted by Gasteiger charge is -2.20. The minimum atomic E-state index is 0.309. The van der Waals surface area contributed by atoms with Crippen LogP contribution in [-0.4, -0.2) is 10.9 Å². The zero-order chi connectivity index (χ0) is 7.84. The highest BCUT2D eigenvalue weighted by molar-refractivity contribution is 5.86. The van der Waals surface area contributed by atoms with Crippen LogP contribution in [0, 0.1) is 6.92 Å². The molecular formula is C8H9NO2. The second-order valence-electron chi connectivity index (χ2n) is 3.01. The third-order valence-electron chi connectivity index (χ3n) is 2.00. The van der Waals surface area contributed by atoms with Gasteiger partial charge in [0, 0.05) is 24.8 Å². The van der Waals surface area contributed by atoms with Crippen molar-refractivity contribution < 1.29 is 9.32 Å². The van der Waals surface area contributed by atoms with Crippen molar-refractivity contribution in [2.24, 2.45) is 0 Å². The number of ketones is 1. The fraction of sp³-hybridized carbons (Fsp3) is 0.500. The Morgan fingerprint density at radius 1 is 1.64 bits per heavy atom. The van der Waals surface area contributed by atoms with Crippen LogP contribution in [0.1, 0.15) is 30.2 Å². The normalized spacial score (nSPS) is 18.5. The Balaban J connectivity index is 2.12. The molecule has 2 rings (SSSR count). The standard InChI is InChI=1S/C8H9NO2/c1-5-2-8(11-9-5)6-3-7(10)4-6/h2,6H,3-4H2,1H3. The van der Waals surface area contributed by atoms with E-state index < -0.39 is 0 Å². The zero-order valence-corrected chi connectivity index (χ0v) is 6.33. The van der Waals surface area contributed by atoms with Gasteiger partial charge in [-0.1, -0.05) is 5.16 Å². The maximum Gasteiger partial charge on any atom is 0.140 e. The second kappa shape index (κ2) is 2.19. The molecule has 1 fully saturated rings. The fourth-order valence-corrected chi connectivity index (χ4v) is 1.27. The van der Waals surface area contributed by atoms with Gasteiger partial charge in [0.25, 0.3) is 0 Å². The minimum absolute atomic E-state index is 0.309. The van der Waals surface area contributed by atoms with Crippen LogP contribution in [0.5, 0.6) is 0 Å². The molecule has 1 aromatic heterocycles. The third-order valence-corrected chi connectivity index (χ3v) is 2.00. The first-order valence-corrected chi connectivity index (χ1v) is 3.70. The number of nitrogens with zero attached hydrogens (tertiary/aromatic N) is 1. The molecule has 1 saturated carbocycles. The van der Waals surface area contributed by atoms with Crippen molar-refractivity contribution >= 4 is 5.78 Å². The molecule has 11 heavy (non-hydrogen) atoms. The highest BCUT2D eigenvalue weighted by atomic mass is 16.5. The van der Waals surface area contributed by atoms with Gasteiger partial charge >= 0.3 is 0 Å². The van der Waals surface area contributed by atoms with Gasteiger partial charge in [0.05, 0.1) is 5.69 Å². The molecule has 1 aromatic rings. The Labute approximate surface area is 64.4 Å². The summed E-state index contributed by atoms with van der Waals surface area (Å²) in [6.07, 6.45) is 1.27. The maximum absolute atomic E-state index is 10.6. The Morgan fingerprint density at radius 2 is 2.36 bits per heavy atom. The minimum Gasteiger partial charge on any atom is -0.361 e. The van der Waals surface area contributed by atoms with Crippen LogP contribution in [0.25, 0.3) is 0 Å². The number of rotatable bonds is 1. The van der Waals surface area contributed by atoms with Crippen molar-refractivity contribution in [3.8, 4) is 0 Å². The number of carbonyl (C=O) groups excluding carboxylic acids is 1. The van der Waals surface area contributed by atoms with E-state index in [-0.39, 0.29) is 0 Å². The number of hydrogen-bond donors (Lipinski definition) is 0. The summed E-state index contributed by atoms with van der Waals surface area (Å²) in [6, 6.07) is 1.90. The van der Waals surface area contributed by atoms with Crippen LogP contribution < -0.4 is 0 Å². The van der Waals surface area contributed by atoms with E-state index in [1.165, 1.54) is 0 Å². The van der Waals surface area contributed by atoms with E-state index in [1.807, 2.05) is 13.0 Å². The van der Waals surface area contributed by atoms with E-state index in [9.17, 15) is 4.79 Å². The first-order chi connectivity index (χ1) is 5.25. The summed E-state index contributed by atoms with van der Waals surface area (Å²) in [7, 11) is 0. The van der Waals surface area contributed by atoms with Gasteiger partial charge in [-0.15, -0.1) is 0 Å². The second-order valence-corrected chi connectivity index (χ2v) is 3.01. The molecule has 0 saturated heterocycles. The molecule has 58 valence electrons. The lowest BCUT2D eigenvalue weighted by Crippen LogP contribution is -2.20. The summed E-state index contributed by atoms with van der Waals surface area (Å²) in [5.41, 5.74) is 0.888. The SMILES string of the molecule is Cc1cc(C2CC(=O)C2)on1. The molecule has 0 spiro atoms. The average molecular weight is 151 g/mol. The average Bonchev–Trinajstić information content (AvgIpc) is 2.29. The highest BCUT2D eigenvalue weighted by Crippen LogP contribution is 2.33. The molecule has 1 aliphatic carbocycles. The molecule has 0 radical (unpaired) electrons. The number of hydrogen-bond acceptors (Lipinski definition) is 3. The molecular weight excluding hydrogens is 142 g/mol. The number of aromatic nitrogens is 1. The van der Waals surface area contributed by atoms with Crippen LogP contribution >= 0.6 is 0 Å². The molecule has 3 nitrogen and oxygen atoms in total. The molecule has 0 unspecified atom stereocenters. The molecule has 3 heteroatoms. The molecule has 0 amide bonds. The van der Waals surface area contributed by atoms with Gasteiger partial charge in [0.2, 0.25) is 0 Å². The molecule has 1 aliphatic rings. The van der Waals surface area contributed by atoms with Crippen LogP contribution in [0.15, 0.2) is 10.6 Å². The molecule has 0 atom stereocenters. The van der Waals surface area contributed by atoms with E-state index in [4.69, 9.17) is 4.52 Å². The van der Waals surface area contributed by atoms with Crippen LogP contribution in [-0.2, 0) is 4.79 Å². The topological polar surface area (TPSA) is 43.1 Å². The Hall–Kier alpha value is -1.12. The summed E-state index contributed by atoms with van der Waals surface area (Å²) in [6.45, 7) is 1.88. The summed E-state index contributed by atoms with van der Waals surface area (Å²) in [5.74, 6) is 1.50. The Morgan fingerprint density at radius 3 is 2.82 bits per heavy atom. The van der Waals surface area contributed by atoms with Gasteiger partial charge in [0.1, 0.15) is 11.5 Å². The van der Waals surface area contributed by atoms with Crippen molar-refractivity contribution in [3.63, 3.8) is 0 Å². The fourth-order valence-electron chi connectivity index (χ4n) is 1.27. The molecule has 1 heterocycles. The molecule has 0 N–H and O–H groups in total. The van der Waals surface area contributed by atoms with Crippen molar-refractivity contribution in [2.45, 2.75) is 25.7 Å². The lowest BCUT2D eigenvalue weighted by molar-refractivity contribution is -0.125. The molecule has 0 aliphatic heterocycles. The highest BCUT2D eigenvalue weighted by Gasteiger charge is 2.30. The zero-order valence-electron chi connectivity index (χ0n) is 6.33. The number of aryl methyl sites for hydroxylation is 1. The molecule has 0 bridgehead atoms. The van der Waals surface area contributed by atoms with E-state index >= 15 is 0 Å². The largest absolute Gasteiger partial charge is 0.361 e. The summed E-state index contributed by atoms with van der Waals surface area (Å²) >= 11 is 0. The Kier molecular flexibility index (Phi) is 1.31. The predicted molar refractivity (Wildman–Crippen MR) is 38.2 cm³/mol. The van der Waals surface area contributed by atoms with Gasteiger partial charge in [-0.25, -0.2) is 0 Å². The third kappa shape index (κ3) is 1.06. The summed E-state index contributed by atoms with van der Waals surface area (Å²) < 4.78 is 5.01. The van der Waals surface area contributed by atoms with Gasteiger partial charge < -0.3 is 4.52 Å². The van der Waals surface area contributed by atoms with E-state index in [2.05, 4.69) is 5.16 Å². The monoisotopic (exact) mass is 151 g/mol. The van der Waals surface area contributed by atoms with Gasteiger partial charge in [-0.05, 0) is 6.92 Å². The quantitative estimate of drug-likeness (QED) is 0.609. The van der Waals surface area contributed by atoms with Crippen LogP contribution in [0.2, 0.25) is 0 Å². The lowest BCUT2D eigenvalue weighted by atomic mass is 9.82. The van der Waals surface area contributed by atoms with E-state index in [1.54, 1.807) is 0 Å². The smallest absolute Gasteiger partial charge is 0.140 e. The number of carbonyl (C=O) groups is 1. The number of Topliss-reactive ketones (excluding diaryl/α,β-unsaturated/α-hetero) is 1. The van der Waals surface area contributed by atoms with E-state index in [0.717, 1.165) is 11.5 Å². The van der Waals surface area contributed by atoms with E-state index in [0.29, 0.717) is 24.5 Å². The van der Waals surface area contributed by atoms with Crippen molar-refractivity contribution in [2.75, 3.05) is 0 Å². The first kappa shape index (κ1) is 6.58. The van der Waals surface area contributed by atoms with Gasteiger partial charge in [-0.2, -0.15) is 0 Å². The predicted octanol–water partition coefficient (Wildman–Crippen LogP) is 1.43. The summed E-state index contributed by atoms with van der Waals surface area (Å²) in [5, 5.41) is 3.76. The Bertz CT molecular complexity index is 282.